The number of benzene rings is 2. The van der Waals surface area contributed by atoms with Gasteiger partial charge in [0.1, 0.15) is 11.3 Å². The molecular weight excluding hydrogens is 472 g/mol. The number of carbonyl (C=O) groups excluding carboxylic acids is 1. The van der Waals surface area contributed by atoms with Crippen LogP contribution in [0.3, 0.4) is 0 Å². The first-order valence-electron chi connectivity index (χ1n) is 10.4. The van der Waals surface area contributed by atoms with Crippen LogP contribution in [0.2, 0.25) is 0 Å². The average molecular weight is 500 g/mol. The second-order valence-electron chi connectivity index (χ2n) is 7.21. The van der Waals surface area contributed by atoms with Crippen molar-refractivity contribution >= 4 is 56.8 Å². The Kier molecular flexibility index (Phi) is 10.3. The lowest BCUT2D eigenvalue weighted by Gasteiger charge is -2.24. The van der Waals surface area contributed by atoms with Crippen molar-refractivity contribution in [2.75, 3.05) is 36.8 Å². The molecule has 4 nitrogen and oxygen atoms in total. The summed E-state index contributed by atoms with van der Waals surface area (Å²) in [4.78, 5) is 22.4. The topological polar surface area (TPSA) is 36.4 Å². The highest BCUT2D eigenvalue weighted by molar-refractivity contribution is 7.99. The number of likely N-dealkylation sites (N-methyl/N-ethyl adjacent to an activating group) is 1. The summed E-state index contributed by atoms with van der Waals surface area (Å²) in [6.07, 6.45) is 0.337. The Labute approximate surface area is 202 Å². The number of hydrogen-bond acceptors (Lipinski definition) is 5. The van der Waals surface area contributed by atoms with Crippen LogP contribution in [0, 0.1) is 18.6 Å². The number of halogens is 3. The van der Waals surface area contributed by atoms with Crippen molar-refractivity contribution in [1.29, 1.82) is 0 Å². The maximum atomic E-state index is 14.2. The Morgan fingerprint density at radius 1 is 1.09 bits per heavy atom. The summed E-state index contributed by atoms with van der Waals surface area (Å²) < 4.78 is 28.2. The number of nitrogens with zero attached hydrogens (tertiary/aromatic N) is 3. The number of fused-ring (bicyclic) bond motifs is 1. The van der Waals surface area contributed by atoms with Gasteiger partial charge in [-0.25, -0.2) is 13.8 Å². The molecule has 0 N–H and O–H groups in total. The normalized spacial score (nSPS) is 11.1. The quantitative estimate of drug-likeness (QED) is 0.313. The second-order valence-corrected chi connectivity index (χ2v) is 9.39. The largest absolute Gasteiger partial charge is 0.302 e. The van der Waals surface area contributed by atoms with Crippen molar-refractivity contribution in [1.82, 2.24) is 9.88 Å². The lowest BCUT2D eigenvalue weighted by molar-refractivity contribution is -0.118. The maximum absolute atomic E-state index is 14.2. The van der Waals surface area contributed by atoms with Crippen LogP contribution in [0.25, 0.3) is 10.2 Å². The van der Waals surface area contributed by atoms with Gasteiger partial charge in [-0.3, -0.25) is 9.69 Å². The fourth-order valence-electron chi connectivity index (χ4n) is 3.19. The summed E-state index contributed by atoms with van der Waals surface area (Å²) in [5.41, 5.74) is 1.30. The molecule has 174 valence electrons. The Morgan fingerprint density at radius 2 is 1.78 bits per heavy atom. The minimum atomic E-state index is -0.705. The highest BCUT2D eigenvalue weighted by Gasteiger charge is 2.21. The Hall–Kier alpha value is -1.74. The van der Waals surface area contributed by atoms with E-state index < -0.39 is 11.6 Å². The Bertz CT molecular complexity index is 1030. The Balaban J connectivity index is 0.00000363. The van der Waals surface area contributed by atoms with Crippen molar-refractivity contribution in [3.05, 3.63) is 53.6 Å². The highest BCUT2D eigenvalue weighted by Crippen LogP contribution is 2.32. The third-order valence-corrected chi connectivity index (χ3v) is 7.11. The van der Waals surface area contributed by atoms with E-state index in [0.717, 1.165) is 35.4 Å². The van der Waals surface area contributed by atoms with Gasteiger partial charge in [0.15, 0.2) is 10.9 Å². The number of thiazole rings is 1. The molecule has 0 unspecified atom stereocenters. The molecule has 0 saturated heterocycles. The first-order chi connectivity index (χ1) is 14.9. The van der Waals surface area contributed by atoms with Crippen LogP contribution in [0.4, 0.5) is 13.9 Å². The van der Waals surface area contributed by atoms with E-state index in [0.29, 0.717) is 35.1 Å². The van der Waals surface area contributed by atoms with Gasteiger partial charge in [-0.1, -0.05) is 42.9 Å². The number of rotatable bonds is 10. The lowest BCUT2D eigenvalue weighted by atomic mass is 10.2. The minimum absolute atomic E-state index is 0. The molecule has 0 aliphatic carbocycles. The van der Waals surface area contributed by atoms with E-state index in [1.54, 1.807) is 16.7 Å². The Morgan fingerprint density at radius 3 is 2.44 bits per heavy atom. The number of anilines is 1. The first-order valence-corrected chi connectivity index (χ1v) is 12.2. The molecule has 1 amide bonds. The van der Waals surface area contributed by atoms with E-state index in [2.05, 4.69) is 35.9 Å². The smallest absolute Gasteiger partial charge is 0.229 e. The lowest BCUT2D eigenvalue weighted by Crippen LogP contribution is -2.39. The zero-order chi connectivity index (χ0) is 22.4. The van der Waals surface area contributed by atoms with E-state index in [4.69, 9.17) is 0 Å². The number of aromatic nitrogens is 1. The summed E-state index contributed by atoms with van der Waals surface area (Å²) in [6, 6.07) is 10.3. The first kappa shape index (κ1) is 26.5. The van der Waals surface area contributed by atoms with Crippen molar-refractivity contribution in [2.24, 2.45) is 0 Å². The van der Waals surface area contributed by atoms with Crippen molar-refractivity contribution < 1.29 is 13.6 Å². The second kappa shape index (κ2) is 12.5. The summed E-state index contributed by atoms with van der Waals surface area (Å²) in [5, 5.41) is 0.414. The molecule has 0 saturated carbocycles. The average Bonchev–Trinajstić information content (AvgIpc) is 3.16. The SMILES string of the molecule is CCN(CC)CCN(C(=O)CCSc1ccc(C)cc1)c1nc2c(F)cc(F)cc2s1.Cl. The molecule has 3 rings (SSSR count). The fourth-order valence-corrected chi connectivity index (χ4v) is 5.08. The summed E-state index contributed by atoms with van der Waals surface area (Å²) in [5.74, 6) is -0.775. The predicted molar refractivity (Wildman–Crippen MR) is 133 cm³/mol. The van der Waals surface area contributed by atoms with Gasteiger partial charge < -0.3 is 4.90 Å². The molecule has 0 fully saturated rings. The molecule has 1 heterocycles. The van der Waals surface area contributed by atoms with Crippen LogP contribution < -0.4 is 4.90 Å². The van der Waals surface area contributed by atoms with E-state index in [9.17, 15) is 13.6 Å². The van der Waals surface area contributed by atoms with Gasteiger partial charge in [0.2, 0.25) is 5.91 Å². The van der Waals surface area contributed by atoms with Gasteiger partial charge in [-0.15, -0.1) is 24.2 Å². The van der Waals surface area contributed by atoms with Crippen LogP contribution in [-0.2, 0) is 4.79 Å². The van der Waals surface area contributed by atoms with Crippen molar-refractivity contribution in [2.45, 2.75) is 32.1 Å². The molecule has 0 atom stereocenters. The van der Waals surface area contributed by atoms with E-state index in [1.807, 2.05) is 19.1 Å². The molecule has 0 radical (unpaired) electrons. The minimum Gasteiger partial charge on any atom is -0.302 e. The predicted octanol–water partition coefficient (Wildman–Crippen LogP) is 6.16. The molecule has 2 aromatic carbocycles. The monoisotopic (exact) mass is 499 g/mol. The molecule has 0 aliphatic rings. The number of hydrogen-bond donors (Lipinski definition) is 0. The van der Waals surface area contributed by atoms with Crippen molar-refractivity contribution in [3.8, 4) is 0 Å². The molecule has 9 heteroatoms. The van der Waals surface area contributed by atoms with Gasteiger partial charge >= 0.3 is 0 Å². The van der Waals surface area contributed by atoms with E-state index in [1.165, 1.54) is 11.6 Å². The van der Waals surface area contributed by atoms with Crippen LogP contribution in [0.1, 0.15) is 25.8 Å². The molecule has 0 bridgehead atoms. The number of aryl methyl sites for hydroxylation is 1. The third-order valence-electron chi connectivity index (χ3n) is 5.07. The van der Waals surface area contributed by atoms with Crippen LogP contribution >= 0.6 is 35.5 Å². The summed E-state index contributed by atoms with van der Waals surface area (Å²) >= 11 is 2.78. The van der Waals surface area contributed by atoms with Gasteiger partial charge in [0.05, 0.1) is 4.70 Å². The molecule has 32 heavy (non-hydrogen) atoms. The maximum Gasteiger partial charge on any atom is 0.229 e. The number of carbonyl (C=O) groups is 1. The van der Waals surface area contributed by atoms with Crippen LogP contribution in [0.5, 0.6) is 0 Å². The van der Waals surface area contributed by atoms with Gasteiger partial charge in [0, 0.05) is 36.2 Å². The standard InChI is InChI=1S/C23H27F2N3OS2.ClH/c1-4-27(5-2)11-12-28(21(29)10-13-30-18-8-6-16(3)7-9-18)23-26-22-19(25)14-17(24)15-20(22)31-23;/h6-9,14-15H,4-5,10-13H2,1-3H3;1H. The summed E-state index contributed by atoms with van der Waals surface area (Å²) in [7, 11) is 0. The molecule has 1 aromatic heterocycles. The van der Waals surface area contributed by atoms with Crippen LogP contribution in [-0.4, -0.2) is 47.7 Å². The van der Waals surface area contributed by atoms with Crippen LogP contribution in [0.15, 0.2) is 41.3 Å². The number of thioether (sulfide) groups is 1. The van der Waals surface area contributed by atoms with Gasteiger partial charge in [0.25, 0.3) is 0 Å². The third kappa shape index (κ3) is 6.88. The van der Waals surface area contributed by atoms with Gasteiger partial charge in [-0.2, -0.15) is 0 Å². The van der Waals surface area contributed by atoms with Crippen molar-refractivity contribution in [3.63, 3.8) is 0 Å². The fraction of sp³-hybridized carbons (Fsp3) is 0.391. The zero-order valence-corrected chi connectivity index (χ0v) is 20.9. The number of amides is 1. The molecule has 3 aromatic rings. The molecule has 0 aliphatic heterocycles. The van der Waals surface area contributed by atoms with Gasteiger partial charge in [-0.05, 0) is 38.2 Å². The van der Waals surface area contributed by atoms with E-state index in [-0.39, 0.29) is 23.8 Å². The highest BCUT2D eigenvalue weighted by atomic mass is 35.5. The molecular formula is C23H28ClF2N3OS2. The zero-order valence-electron chi connectivity index (χ0n) is 18.4. The summed E-state index contributed by atoms with van der Waals surface area (Å²) in [6.45, 7) is 9.09. The molecule has 0 spiro atoms. The van der Waals surface area contributed by atoms with E-state index >= 15 is 0 Å².